The van der Waals surface area contributed by atoms with Gasteiger partial charge in [-0.1, -0.05) is 0 Å². The van der Waals surface area contributed by atoms with Crippen LogP contribution in [-0.2, 0) is 9.47 Å². The second-order valence-corrected chi connectivity index (χ2v) is 4.32. The summed E-state index contributed by atoms with van der Waals surface area (Å²) in [7, 11) is 0. The molecule has 2 heteroatoms. The van der Waals surface area contributed by atoms with Crippen LogP contribution in [0.5, 0.6) is 0 Å². The third-order valence-electron chi connectivity index (χ3n) is 3.59. The Balaban J connectivity index is 1.94. The molecule has 0 aromatic heterocycles. The topological polar surface area (TPSA) is 18.5 Å². The molecule has 1 saturated carbocycles. The highest BCUT2D eigenvalue weighted by Gasteiger charge is 2.61. The molecule has 0 radical (unpaired) electrons. The Morgan fingerprint density at radius 1 is 1.33 bits per heavy atom. The van der Waals surface area contributed by atoms with Crippen LogP contribution in [-0.4, -0.2) is 26.4 Å². The minimum Gasteiger partial charge on any atom is -0.380 e. The zero-order valence-electron chi connectivity index (χ0n) is 7.43. The van der Waals surface area contributed by atoms with Gasteiger partial charge in [0.15, 0.2) is 0 Å². The van der Waals surface area contributed by atoms with Crippen molar-refractivity contribution in [1.29, 1.82) is 0 Å². The third kappa shape index (κ3) is 0.723. The molecule has 0 N–H and O–H groups in total. The monoisotopic (exact) mass is 166 g/mol. The molecule has 2 nitrogen and oxygen atoms in total. The van der Waals surface area contributed by atoms with Crippen LogP contribution in [0.3, 0.4) is 0 Å². The maximum Gasteiger partial charge on any atom is 0.0690 e. The standard InChI is InChI=1S/C10H14O2/c1-7-3-11-5-9(7)10-2-8(10)4-12-6-10/h8H,2-6H2,1H3. The van der Waals surface area contributed by atoms with E-state index in [4.69, 9.17) is 9.47 Å². The van der Waals surface area contributed by atoms with Gasteiger partial charge in [-0.3, -0.25) is 0 Å². The molecule has 2 heterocycles. The third-order valence-corrected chi connectivity index (χ3v) is 3.59. The van der Waals surface area contributed by atoms with Gasteiger partial charge in [-0.25, -0.2) is 0 Å². The summed E-state index contributed by atoms with van der Waals surface area (Å²) in [6.45, 7) is 5.85. The van der Waals surface area contributed by atoms with E-state index in [-0.39, 0.29) is 0 Å². The Hall–Kier alpha value is -0.340. The summed E-state index contributed by atoms with van der Waals surface area (Å²) < 4.78 is 10.9. The van der Waals surface area contributed by atoms with Crippen molar-refractivity contribution in [2.75, 3.05) is 26.4 Å². The Morgan fingerprint density at radius 3 is 2.75 bits per heavy atom. The lowest BCUT2D eigenvalue weighted by molar-refractivity contribution is 0.148. The molecular weight excluding hydrogens is 152 g/mol. The number of hydrogen-bond donors (Lipinski definition) is 0. The number of ether oxygens (including phenoxy) is 2. The summed E-state index contributed by atoms with van der Waals surface area (Å²) in [6.07, 6.45) is 1.35. The smallest absolute Gasteiger partial charge is 0.0690 e. The van der Waals surface area contributed by atoms with E-state index in [9.17, 15) is 0 Å². The molecule has 0 bridgehead atoms. The minimum absolute atomic E-state index is 0.445. The second-order valence-electron chi connectivity index (χ2n) is 4.32. The van der Waals surface area contributed by atoms with Gasteiger partial charge >= 0.3 is 0 Å². The largest absolute Gasteiger partial charge is 0.380 e. The molecule has 12 heavy (non-hydrogen) atoms. The van der Waals surface area contributed by atoms with Crippen LogP contribution in [0.1, 0.15) is 13.3 Å². The highest BCUT2D eigenvalue weighted by atomic mass is 16.5. The summed E-state index contributed by atoms with van der Waals surface area (Å²) in [4.78, 5) is 0. The summed E-state index contributed by atoms with van der Waals surface area (Å²) in [5, 5.41) is 0. The number of hydrogen-bond acceptors (Lipinski definition) is 2. The van der Waals surface area contributed by atoms with Gasteiger partial charge < -0.3 is 9.47 Å². The summed E-state index contributed by atoms with van der Waals surface area (Å²) in [6, 6.07) is 0. The van der Waals surface area contributed by atoms with Crippen LogP contribution in [0.25, 0.3) is 0 Å². The van der Waals surface area contributed by atoms with Gasteiger partial charge in [-0.15, -0.1) is 0 Å². The average Bonchev–Trinajstić information content (AvgIpc) is 2.49. The van der Waals surface area contributed by atoms with Crippen molar-refractivity contribution >= 4 is 0 Å². The predicted molar refractivity (Wildman–Crippen MR) is 44.9 cm³/mol. The van der Waals surface area contributed by atoms with Gasteiger partial charge in [0, 0.05) is 5.41 Å². The Labute approximate surface area is 72.5 Å². The van der Waals surface area contributed by atoms with Gasteiger partial charge in [0.05, 0.1) is 26.4 Å². The lowest BCUT2D eigenvalue weighted by atomic mass is 9.93. The molecule has 1 saturated heterocycles. The molecule has 0 spiro atoms. The van der Waals surface area contributed by atoms with Crippen molar-refractivity contribution in [3.8, 4) is 0 Å². The molecule has 2 atom stereocenters. The van der Waals surface area contributed by atoms with Crippen molar-refractivity contribution in [2.24, 2.45) is 11.3 Å². The highest BCUT2D eigenvalue weighted by molar-refractivity contribution is 5.34. The zero-order valence-corrected chi connectivity index (χ0v) is 7.43. The molecule has 3 rings (SSSR count). The first-order valence-corrected chi connectivity index (χ1v) is 4.67. The Kier molecular flexibility index (Phi) is 1.25. The van der Waals surface area contributed by atoms with Gasteiger partial charge in [0.1, 0.15) is 0 Å². The molecule has 66 valence electrons. The fourth-order valence-electron chi connectivity index (χ4n) is 2.70. The molecule has 0 aromatic rings. The molecule has 3 aliphatic rings. The fraction of sp³-hybridized carbons (Fsp3) is 0.800. The second kappa shape index (κ2) is 2.12. The normalized spacial score (nSPS) is 45.2. The van der Waals surface area contributed by atoms with Crippen LogP contribution in [0.4, 0.5) is 0 Å². The van der Waals surface area contributed by atoms with Crippen molar-refractivity contribution in [3.05, 3.63) is 11.1 Å². The molecule has 0 aromatic carbocycles. The molecule has 2 fully saturated rings. The van der Waals surface area contributed by atoms with E-state index in [2.05, 4.69) is 6.92 Å². The predicted octanol–water partition coefficient (Wildman–Crippen LogP) is 1.37. The van der Waals surface area contributed by atoms with Gasteiger partial charge in [-0.2, -0.15) is 0 Å². The zero-order chi connectivity index (χ0) is 8.18. The van der Waals surface area contributed by atoms with Crippen molar-refractivity contribution in [2.45, 2.75) is 13.3 Å². The number of fused-ring (bicyclic) bond motifs is 1. The Bertz CT molecular complexity index is 257. The fourth-order valence-corrected chi connectivity index (χ4v) is 2.70. The number of rotatable bonds is 1. The molecule has 1 aliphatic carbocycles. The molecule has 0 amide bonds. The van der Waals surface area contributed by atoms with E-state index >= 15 is 0 Å². The molecule has 2 unspecified atom stereocenters. The summed E-state index contributed by atoms with van der Waals surface area (Å²) in [5.41, 5.74) is 3.47. The van der Waals surface area contributed by atoms with E-state index in [1.807, 2.05) is 0 Å². The van der Waals surface area contributed by atoms with Crippen LogP contribution in [0, 0.1) is 11.3 Å². The Morgan fingerprint density at radius 2 is 2.25 bits per heavy atom. The molecular formula is C10H14O2. The first kappa shape index (κ1) is 7.10. The maximum absolute atomic E-state index is 5.48. The van der Waals surface area contributed by atoms with Gasteiger partial charge in [-0.05, 0) is 30.4 Å². The van der Waals surface area contributed by atoms with E-state index in [0.29, 0.717) is 5.41 Å². The average molecular weight is 166 g/mol. The van der Waals surface area contributed by atoms with Crippen LogP contribution in [0.2, 0.25) is 0 Å². The first-order chi connectivity index (χ1) is 5.83. The van der Waals surface area contributed by atoms with Crippen LogP contribution >= 0.6 is 0 Å². The van der Waals surface area contributed by atoms with Crippen LogP contribution < -0.4 is 0 Å². The van der Waals surface area contributed by atoms with E-state index in [0.717, 1.165) is 32.3 Å². The van der Waals surface area contributed by atoms with Gasteiger partial charge in [0.25, 0.3) is 0 Å². The van der Waals surface area contributed by atoms with E-state index < -0.39 is 0 Å². The van der Waals surface area contributed by atoms with Crippen molar-refractivity contribution < 1.29 is 9.47 Å². The van der Waals surface area contributed by atoms with E-state index in [1.54, 1.807) is 5.57 Å². The quantitative estimate of drug-likeness (QED) is 0.548. The lowest BCUT2D eigenvalue weighted by Gasteiger charge is -2.12. The summed E-state index contributed by atoms with van der Waals surface area (Å²) >= 11 is 0. The van der Waals surface area contributed by atoms with Crippen molar-refractivity contribution in [3.63, 3.8) is 0 Å². The highest BCUT2D eigenvalue weighted by Crippen LogP contribution is 2.62. The SMILES string of the molecule is CC1=C(C23COCC2C3)COC1. The first-order valence-electron chi connectivity index (χ1n) is 4.67. The van der Waals surface area contributed by atoms with Gasteiger partial charge in [0.2, 0.25) is 0 Å². The maximum atomic E-state index is 5.48. The lowest BCUT2D eigenvalue weighted by Crippen LogP contribution is -2.11. The molecule has 2 aliphatic heterocycles. The van der Waals surface area contributed by atoms with Crippen LogP contribution in [0.15, 0.2) is 11.1 Å². The van der Waals surface area contributed by atoms with E-state index in [1.165, 1.54) is 12.0 Å². The van der Waals surface area contributed by atoms with Crippen molar-refractivity contribution in [1.82, 2.24) is 0 Å². The summed E-state index contributed by atoms with van der Waals surface area (Å²) in [5.74, 6) is 0.823. The minimum atomic E-state index is 0.445.